The minimum absolute atomic E-state index is 0.0756. The molecule has 0 radical (unpaired) electrons. The van der Waals surface area contributed by atoms with E-state index >= 15 is 0 Å². The highest BCUT2D eigenvalue weighted by molar-refractivity contribution is 5.87. The molecule has 6 nitrogen and oxygen atoms in total. The summed E-state index contributed by atoms with van der Waals surface area (Å²) in [5.41, 5.74) is 1.96. The van der Waals surface area contributed by atoms with Crippen LogP contribution in [0.3, 0.4) is 0 Å². The molecule has 0 spiro atoms. The van der Waals surface area contributed by atoms with Gasteiger partial charge in [-0.2, -0.15) is 0 Å². The fraction of sp³-hybridized carbons (Fsp3) is 0.150. The molecule has 3 aromatic rings. The molecule has 2 N–H and O–H groups in total. The Hall–Kier alpha value is -3.41. The second-order valence-corrected chi connectivity index (χ2v) is 5.96. The maximum absolute atomic E-state index is 11.2. The molecule has 1 amide bonds. The molecule has 0 aliphatic heterocycles. The third-order valence-corrected chi connectivity index (χ3v) is 3.93. The molecule has 0 aliphatic carbocycles. The van der Waals surface area contributed by atoms with Gasteiger partial charge in [-0.05, 0) is 55.0 Å². The number of aromatic nitrogens is 1. The Morgan fingerprint density at radius 2 is 1.81 bits per heavy atom. The van der Waals surface area contributed by atoms with Crippen LogP contribution in [0, 0.1) is 0 Å². The van der Waals surface area contributed by atoms with E-state index in [4.69, 9.17) is 9.84 Å². The Labute approximate surface area is 150 Å². The number of carbonyl (C=O) groups excluding carboxylic acids is 1. The maximum atomic E-state index is 11.2. The largest absolute Gasteiger partial charge is 0.478 e. The molecule has 0 fully saturated rings. The summed E-state index contributed by atoms with van der Waals surface area (Å²) >= 11 is 0. The van der Waals surface area contributed by atoms with Crippen molar-refractivity contribution in [2.75, 3.05) is 0 Å². The van der Waals surface area contributed by atoms with Gasteiger partial charge in [0.25, 0.3) is 0 Å². The Morgan fingerprint density at radius 1 is 1.08 bits per heavy atom. The van der Waals surface area contributed by atoms with Gasteiger partial charge < -0.3 is 15.2 Å². The zero-order chi connectivity index (χ0) is 18.7. The molecule has 0 aliphatic rings. The molecule has 1 heterocycles. The van der Waals surface area contributed by atoms with Crippen molar-refractivity contribution in [3.8, 4) is 11.6 Å². The second kappa shape index (κ2) is 7.23. The number of benzene rings is 2. The summed E-state index contributed by atoms with van der Waals surface area (Å²) in [6.07, 6.45) is 0. The van der Waals surface area contributed by atoms with Gasteiger partial charge in [-0.1, -0.05) is 6.07 Å². The Bertz CT molecular complexity index is 967. The van der Waals surface area contributed by atoms with E-state index in [1.54, 1.807) is 18.2 Å². The summed E-state index contributed by atoms with van der Waals surface area (Å²) in [5, 5.41) is 12.7. The number of fused-ring (bicyclic) bond motifs is 1. The number of nitrogens with one attached hydrogen (secondary N) is 1. The van der Waals surface area contributed by atoms with Crippen LogP contribution in [0.2, 0.25) is 0 Å². The Morgan fingerprint density at radius 3 is 2.46 bits per heavy atom. The third kappa shape index (κ3) is 3.97. The van der Waals surface area contributed by atoms with E-state index < -0.39 is 5.97 Å². The molecule has 1 atom stereocenters. The van der Waals surface area contributed by atoms with Crippen LogP contribution in [0.25, 0.3) is 10.9 Å². The fourth-order valence-electron chi connectivity index (χ4n) is 2.63. The summed E-state index contributed by atoms with van der Waals surface area (Å²) in [6, 6.07) is 15.5. The number of hydrogen-bond acceptors (Lipinski definition) is 4. The first-order valence-electron chi connectivity index (χ1n) is 8.11. The molecular formula is C20H18N2O4. The first-order chi connectivity index (χ1) is 12.4. The van der Waals surface area contributed by atoms with Crippen molar-refractivity contribution < 1.29 is 19.4 Å². The van der Waals surface area contributed by atoms with Crippen LogP contribution >= 0.6 is 0 Å². The molecule has 1 aromatic heterocycles. The van der Waals surface area contributed by atoms with Gasteiger partial charge in [-0.15, -0.1) is 0 Å². The highest BCUT2D eigenvalue weighted by atomic mass is 16.5. The number of pyridine rings is 1. The number of rotatable bonds is 5. The summed E-state index contributed by atoms with van der Waals surface area (Å²) in [5.74, 6) is -0.126. The van der Waals surface area contributed by atoms with Gasteiger partial charge in [0, 0.05) is 18.4 Å². The number of nitrogens with zero attached hydrogens (tertiary/aromatic N) is 1. The molecule has 0 bridgehead atoms. The van der Waals surface area contributed by atoms with Gasteiger partial charge in [0.2, 0.25) is 11.8 Å². The van der Waals surface area contributed by atoms with E-state index in [1.807, 2.05) is 31.2 Å². The van der Waals surface area contributed by atoms with Crippen molar-refractivity contribution in [3.05, 3.63) is 65.7 Å². The van der Waals surface area contributed by atoms with Gasteiger partial charge in [-0.25, -0.2) is 9.78 Å². The van der Waals surface area contributed by atoms with Crippen molar-refractivity contribution in [1.82, 2.24) is 10.3 Å². The predicted octanol–water partition coefficient (Wildman–Crippen LogP) is 3.92. The van der Waals surface area contributed by atoms with E-state index in [0.29, 0.717) is 11.6 Å². The van der Waals surface area contributed by atoms with E-state index in [1.165, 1.54) is 19.1 Å². The summed E-state index contributed by atoms with van der Waals surface area (Å²) < 4.78 is 5.69. The lowest BCUT2D eigenvalue weighted by atomic mass is 10.1. The zero-order valence-corrected chi connectivity index (χ0v) is 14.4. The van der Waals surface area contributed by atoms with Crippen LogP contribution in [0.15, 0.2) is 54.6 Å². The number of ether oxygens (including phenoxy) is 1. The van der Waals surface area contributed by atoms with E-state index in [-0.39, 0.29) is 17.5 Å². The standard InChI is InChI=1S/C20H18N2O4/c1-12(21-13(2)23)15-5-9-18-16(11-15)6-10-19(22-18)26-17-7-3-14(4-8-17)20(24)25/h3-12H,1-2H3,(H,21,23)(H,24,25). The van der Waals surface area contributed by atoms with Crippen molar-refractivity contribution in [2.24, 2.45) is 0 Å². The number of amides is 1. The van der Waals surface area contributed by atoms with Crippen LogP contribution < -0.4 is 10.1 Å². The summed E-state index contributed by atoms with van der Waals surface area (Å²) in [4.78, 5) is 26.5. The van der Waals surface area contributed by atoms with Crippen molar-refractivity contribution in [2.45, 2.75) is 19.9 Å². The van der Waals surface area contributed by atoms with Gasteiger partial charge in [0.15, 0.2) is 0 Å². The first-order valence-corrected chi connectivity index (χ1v) is 8.11. The van der Waals surface area contributed by atoms with Crippen LogP contribution in [0.1, 0.15) is 35.8 Å². The lowest BCUT2D eigenvalue weighted by Gasteiger charge is -2.13. The quantitative estimate of drug-likeness (QED) is 0.728. The number of carboxylic acids is 1. The van der Waals surface area contributed by atoms with E-state index in [9.17, 15) is 9.59 Å². The lowest BCUT2D eigenvalue weighted by molar-refractivity contribution is -0.119. The smallest absolute Gasteiger partial charge is 0.335 e. The van der Waals surface area contributed by atoms with Crippen LogP contribution in [0.4, 0.5) is 0 Å². The topological polar surface area (TPSA) is 88.5 Å². The van der Waals surface area contributed by atoms with Crippen molar-refractivity contribution in [3.63, 3.8) is 0 Å². The molecule has 132 valence electrons. The Kier molecular flexibility index (Phi) is 4.84. The van der Waals surface area contributed by atoms with Crippen LogP contribution in [-0.2, 0) is 4.79 Å². The minimum atomic E-state index is -0.982. The van der Waals surface area contributed by atoms with Crippen molar-refractivity contribution in [1.29, 1.82) is 0 Å². The van der Waals surface area contributed by atoms with Gasteiger partial charge in [0.05, 0.1) is 17.1 Å². The normalized spacial score (nSPS) is 11.8. The highest BCUT2D eigenvalue weighted by Crippen LogP contribution is 2.25. The van der Waals surface area contributed by atoms with E-state index in [0.717, 1.165) is 16.5 Å². The predicted molar refractivity (Wildman–Crippen MR) is 97.5 cm³/mol. The molecule has 0 saturated heterocycles. The summed E-state index contributed by atoms with van der Waals surface area (Å²) in [7, 11) is 0. The first kappa shape index (κ1) is 17.4. The maximum Gasteiger partial charge on any atom is 0.335 e. The van der Waals surface area contributed by atoms with Crippen LogP contribution in [-0.4, -0.2) is 22.0 Å². The van der Waals surface area contributed by atoms with E-state index in [2.05, 4.69) is 10.3 Å². The summed E-state index contributed by atoms with van der Waals surface area (Å²) in [6.45, 7) is 3.42. The number of carboxylic acid groups (broad SMARTS) is 1. The molecular weight excluding hydrogens is 332 g/mol. The molecule has 26 heavy (non-hydrogen) atoms. The molecule has 6 heteroatoms. The average Bonchev–Trinajstić information content (AvgIpc) is 2.61. The van der Waals surface area contributed by atoms with Gasteiger partial charge >= 0.3 is 5.97 Å². The number of aromatic carboxylic acids is 1. The monoisotopic (exact) mass is 350 g/mol. The Balaban J connectivity index is 1.80. The fourth-order valence-corrected chi connectivity index (χ4v) is 2.63. The van der Waals surface area contributed by atoms with Crippen LogP contribution in [0.5, 0.6) is 11.6 Å². The minimum Gasteiger partial charge on any atom is -0.478 e. The molecule has 0 saturated carbocycles. The lowest BCUT2D eigenvalue weighted by Crippen LogP contribution is -2.23. The van der Waals surface area contributed by atoms with Crippen molar-refractivity contribution >= 4 is 22.8 Å². The van der Waals surface area contributed by atoms with Gasteiger partial charge in [-0.3, -0.25) is 4.79 Å². The zero-order valence-electron chi connectivity index (χ0n) is 14.4. The highest BCUT2D eigenvalue weighted by Gasteiger charge is 2.09. The third-order valence-electron chi connectivity index (χ3n) is 3.93. The SMILES string of the molecule is CC(=O)NC(C)c1ccc2nc(Oc3ccc(C(=O)O)cc3)ccc2c1. The molecule has 1 unspecified atom stereocenters. The molecule has 2 aromatic carbocycles. The molecule has 3 rings (SSSR count). The average molecular weight is 350 g/mol. The van der Waals surface area contributed by atoms with Gasteiger partial charge in [0.1, 0.15) is 5.75 Å². The number of hydrogen-bond donors (Lipinski definition) is 2. The number of carbonyl (C=O) groups is 2. The second-order valence-electron chi connectivity index (χ2n) is 5.96.